The number of aliphatic hydroxyl groups is 1. The van der Waals surface area contributed by atoms with Crippen LogP contribution in [0.25, 0.3) is 10.9 Å². The van der Waals surface area contributed by atoms with Crippen LogP contribution in [0.3, 0.4) is 0 Å². The topological polar surface area (TPSA) is 48.5 Å². The average molecular weight is 300 g/mol. The minimum Gasteiger partial charge on any atom is -0.390 e. The van der Waals surface area contributed by atoms with Gasteiger partial charge < -0.3 is 14.8 Å². The van der Waals surface area contributed by atoms with Crippen molar-refractivity contribution in [2.24, 2.45) is 0 Å². The quantitative estimate of drug-likeness (QED) is 0.896. The summed E-state index contributed by atoms with van der Waals surface area (Å²) in [5, 5.41) is 11.6. The van der Waals surface area contributed by atoms with Gasteiger partial charge in [-0.1, -0.05) is 12.1 Å². The zero-order chi connectivity index (χ0) is 15.0. The number of aliphatic hydroxyl groups excluding tert-OH is 1. The second-order valence-electron chi connectivity index (χ2n) is 6.70. The minimum atomic E-state index is -0.281. The summed E-state index contributed by atoms with van der Waals surface area (Å²) in [6.45, 7) is 3.77. The van der Waals surface area contributed by atoms with Crippen molar-refractivity contribution in [2.75, 3.05) is 19.7 Å². The molecule has 2 aromatic rings. The van der Waals surface area contributed by atoms with Gasteiger partial charge in [0.25, 0.3) is 0 Å². The fourth-order valence-corrected chi connectivity index (χ4v) is 4.01. The maximum atomic E-state index is 10.3. The Morgan fingerprint density at radius 1 is 1.27 bits per heavy atom. The largest absolute Gasteiger partial charge is 0.390 e. The molecule has 0 bridgehead atoms. The Labute approximate surface area is 131 Å². The molecule has 2 fully saturated rings. The molecule has 2 saturated heterocycles. The Bertz CT molecular complexity index is 643. The van der Waals surface area contributed by atoms with Crippen molar-refractivity contribution >= 4 is 10.9 Å². The molecule has 4 heteroatoms. The number of ether oxygens (including phenoxy) is 1. The first kappa shape index (κ1) is 14.2. The molecular formula is C18H24N2O2. The van der Waals surface area contributed by atoms with Gasteiger partial charge in [0.15, 0.2) is 0 Å². The lowest BCUT2D eigenvalue weighted by Gasteiger charge is -2.46. The van der Waals surface area contributed by atoms with Crippen LogP contribution in [0.5, 0.6) is 0 Å². The van der Waals surface area contributed by atoms with E-state index in [1.54, 1.807) is 0 Å². The van der Waals surface area contributed by atoms with Crippen LogP contribution in [-0.2, 0) is 11.3 Å². The Morgan fingerprint density at radius 3 is 2.95 bits per heavy atom. The maximum Gasteiger partial charge on any atom is 0.0964 e. The molecule has 1 spiro atoms. The number of aromatic amines is 1. The summed E-state index contributed by atoms with van der Waals surface area (Å²) in [4.78, 5) is 5.76. The third-order valence-electron chi connectivity index (χ3n) is 5.40. The van der Waals surface area contributed by atoms with Gasteiger partial charge in [-0.2, -0.15) is 0 Å². The SMILES string of the molecule is OC1CCCOC12CCN(Cc1cccc3[nH]ccc13)CC2. The smallest absolute Gasteiger partial charge is 0.0964 e. The van der Waals surface area contributed by atoms with Crippen LogP contribution in [0.1, 0.15) is 31.2 Å². The van der Waals surface area contributed by atoms with Crippen molar-refractivity contribution in [3.8, 4) is 0 Å². The van der Waals surface area contributed by atoms with Crippen molar-refractivity contribution < 1.29 is 9.84 Å². The van der Waals surface area contributed by atoms with Crippen molar-refractivity contribution in [1.82, 2.24) is 9.88 Å². The second-order valence-corrected chi connectivity index (χ2v) is 6.70. The molecule has 1 aromatic heterocycles. The second kappa shape index (κ2) is 5.69. The van der Waals surface area contributed by atoms with E-state index in [0.717, 1.165) is 51.9 Å². The van der Waals surface area contributed by atoms with E-state index in [1.165, 1.54) is 16.5 Å². The summed E-state index contributed by atoms with van der Waals surface area (Å²) in [6.07, 6.45) is 5.49. The fraction of sp³-hybridized carbons (Fsp3) is 0.556. The number of H-pyrrole nitrogens is 1. The summed E-state index contributed by atoms with van der Waals surface area (Å²) in [7, 11) is 0. The van der Waals surface area contributed by atoms with E-state index in [2.05, 4.69) is 34.1 Å². The van der Waals surface area contributed by atoms with Crippen LogP contribution in [0.15, 0.2) is 30.5 Å². The molecule has 0 saturated carbocycles. The number of hydrogen-bond donors (Lipinski definition) is 2. The number of nitrogens with one attached hydrogen (secondary N) is 1. The highest BCUT2D eigenvalue weighted by Crippen LogP contribution is 2.35. The number of rotatable bonds is 2. The standard InChI is InChI=1S/C18H24N2O2/c21-17-5-2-12-22-18(17)7-10-20(11-8-18)13-14-3-1-4-16-15(14)6-9-19-16/h1,3-4,6,9,17,19,21H,2,5,7-8,10-13H2. The first-order valence-electron chi connectivity index (χ1n) is 8.36. The first-order chi connectivity index (χ1) is 10.8. The van der Waals surface area contributed by atoms with Gasteiger partial charge in [-0.15, -0.1) is 0 Å². The maximum absolute atomic E-state index is 10.3. The Hall–Kier alpha value is -1.36. The van der Waals surface area contributed by atoms with Gasteiger partial charge in [0.2, 0.25) is 0 Å². The third-order valence-corrected chi connectivity index (χ3v) is 5.40. The summed E-state index contributed by atoms with van der Waals surface area (Å²) in [5.74, 6) is 0. The summed E-state index contributed by atoms with van der Waals surface area (Å²) >= 11 is 0. The minimum absolute atomic E-state index is 0.269. The summed E-state index contributed by atoms with van der Waals surface area (Å²) in [5.41, 5.74) is 2.31. The van der Waals surface area contributed by atoms with Crippen LogP contribution in [0.2, 0.25) is 0 Å². The van der Waals surface area contributed by atoms with Gasteiger partial charge in [0.05, 0.1) is 11.7 Å². The van der Waals surface area contributed by atoms with Crippen LogP contribution in [0, 0.1) is 0 Å². The molecule has 4 rings (SSSR count). The number of likely N-dealkylation sites (tertiary alicyclic amines) is 1. The third kappa shape index (κ3) is 2.45. The molecule has 118 valence electrons. The van der Waals surface area contributed by atoms with Crippen LogP contribution >= 0.6 is 0 Å². The Balaban J connectivity index is 1.45. The molecule has 3 heterocycles. The van der Waals surface area contributed by atoms with E-state index in [4.69, 9.17) is 4.74 Å². The van der Waals surface area contributed by atoms with Gasteiger partial charge in [-0.05, 0) is 43.4 Å². The van der Waals surface area contributed by atoms with Crippen LogP contribution < -0.4 is 0 Å². The highest BCUT2D eigenvalue weighted by atomic mass is 16.5. The lowest BCUT2D eigenvalue weighted by molar-refractivity contribution is -0.177. The van der Waals surface area contributed by atoms with E-state index < -0.39 is 0 Å². The monoisotopic (exact) mass is 300 g/mol. The predicted octanol–water partition coefficient (Wildman–Crippen LogP) is 2.67. The molecule has 1 unspecified atom stereocenters. The van der Waals surface area contributed by atoms with E-state index >= 15 is 0 Å². The zero-order valence-corrected chi connectivity index (χ0v) is 12.9. The van der Waals surface area contributed by atoms with E-state index in [0.29, 0.717) is 0 Å². The lowest BCUT2D eigenvalue weighted by atomic mass is 9.82. The summed E-state index contributed by atoms with van der Waals surface area (Å²) < 4.78 is 5.99. The fourth-order valence-electron chi connectivity index (χ4n) is 4.01. The van der Waals surface area contributed by atoms with E-state index in [9.17, 15) is 5.11 Å². The molecule has 1 atom stereocenters. The summed E-state index contributed by atoms with van der Waals surface area (Å²) in [6, 6.07) is 8.61. The highest BCUT2D eigenvalue weighted by molar-refractivity contribution is 5.82. The van der Waals surface area contributed by atoms with Crippen LogP contribution in [-0.4, -0.2) is 46.4 Å². The van der Waals surface area contributed by atoms with Gasteiger partial charge >= 0.3 is 0 Å². The molecule has 0 aliphatic carbocycles. The van der Waals surface area contributed by atoms with E-state index in [1.807, 2.05) is 6.20 Å². The average Bonchev–Trinajstić information content (AvgIpc) is 3.02. The number of piperidine rings is 1. The molecule has 1 aromatic carbocycles. The van der Waals surface area contributed by atoms with Gasteiger partial charge in [-0.25, -0.2) is 0 Å². The molecule has 2 N–H and O–H groups in total. The molecule has 2 aliphatic heterocycles. The van der Waals surface area contributed by atoms with Crippen molar-refractivity contribution in [3.63, 3.8) is 0 Å². The van der Waals surface area contributed by atoms with Crippen molar-refractivity contribution in [3.05, 3.63) is 36.0 Å². The van der Waals surface area contributed by atoms with Gasteiger partial charge in [0, 0.05) is 43.3 Å². The van der Waals surface area contributed by atoms with Crippen molar-refractivity contribution in [2.45, 2.75) is 43.9 Å². The zero-order valence-electron chi connectivity index (χ0n) is 12.9. The van der Waals surface area contributed by atoms with Gasteiger partial charge in [-0.3, -0.25) is 4.90 Å². The molecule has 0 amide bonds. The van der Waals surface area contributed by atoms with Crippen LogP contribution in [0.4, 0.5) is 0 Å². The molecule has 22 heavy (non-hydrogen) atoms. The number of fused-ring (bicyclic) bond motifs is 1. The predicted molar refractivity (Wildman–Crippen MR) is 86.7 cm³/mol. The molecule has 4 nitrogen and oxygen atoms in total. The number of benzene rings is 1. The van der Waals surface area contributed by atoms with E-state index in [-0.39, 0.29) is 11.7 Å². The molecule has 2 aliphatic rings. The van der Waals surface area contributed by atoms with Crippen molar-refractivity contribution in [1.29, 1.82) is 0 Å². The number of aromatic nitrogens is 1. The molecule has 0 radical (unpaired) electrons. The first-order valence-corrected chi connectivity index (χ1v) is 8.36. The molecular weight excluding hydrogens is 276 g/mol. The normalized spacial score (nSPS) is 25.8. The lowest BCUT2D eigenvalue weighted by Crippen LogP contribution is -2.55. The number of nitrogens with zero attached hydrogens (tertiary/aromatic N) is 1. The Morgan fingerprint density at radius 2 is 2.14 bits per heavy atom. The highest BCUT2D eigenvalue weighted by Gasteiger charge is 2.43. The van der Waals surface area contributed by atoms with Gasteiger partial charge in [0.1, 0.15) is 0 Å². The number of hydrogen-bond acceptors (Lipinski definition) is 3. The Kier molecular flexibility index (Phi) is 3.68.